The maximum atomic E-state index is 10.2. The third-order valence-electron chi connectivity index (χ3n) is 2.03. The average molecular weight is 260 g/mol. The van der Waals surface area contributed by atoms with Gasteiger partial charge in [0, 0.05) is 6.20 Å². The molecule has 0 aliphatic carbocycles. The molecule has 0 radical (unpaired) electrons. The number of aromatic nitrogens is 3. The number of aliphatic carboxylic acids is 1. The number of carboxylic acids is 1. The van der Waals surface area contributed by atoms with Gasteiger partial charge in [0.15, 0.2) is 0 Å². The molecule has 0 bridgehead atoms. The van der Waals surface area contributed by atoms with Gasteiger partial charge in [0.1, 0.15) is 25.0 Å². The topological polar surface area (TPSA) is 122 Å². The summed E-state index contributed by atoms with van der Waals surface area (Å²) in [7, 11) is 0. The molecule has 1 N–H and O–H groups in total. The zero-order chi connectivity index (χ0) is 13.7. The molecule has 0 saturated heterocycles. The van der Waals surface area contributed by atoms with Crippen LogP contribution in [0.5, 0.6) is 0 Å². The number of hydrogen-bond acceptors (Lipinski definition) is 7. The molecule has 0 unspecified atom stereocenters. The van der Waals surface area contributed by atoms with Crippen molar-refractivity contribution in [3.8, 4) is 17.7 Å². The Bertz CT molecular complexity index is 614. The number of carbonyl (C=O) groups is 1. The zero-order valence-corrected chi connectivity index (χ0v) is 9.61. The van der Waals surface area contributed by atoms with Crippen LogP contribution in [-0.2, 0) is 16.1 Å². The van der Waals surface area contributed by atoms with Crippen molar-refractivity contribution in [2.75, 3.05) is 6.61 Å². The SMILES string of the molecule is N#Cc1ccc(-c2nnc(COCC(=O)O)o2)nc1. The lowest BCUT2D eigenvalue weighted by molar-refractivity contribution is -0.142. The minimum absolute atomic E-state index is 0.0877. The Morgan fingerprint density at radius 1 is 1.47 bits per heavy atom. The first kappa shape index (κ1) is 12.7. The van der Waals surface area contributed by atoms with Crippen molar-refractivity contribution in [3.63, 3.8) is 0 Å². The Hall–Kier alpha value is -2.79. The van der Waals surface area contributed by atoms with Crippen LogP contribution in [0.15, 0.2) is 22.7 Å². The molecule has 2 aromatic rings. The lowest BCUT2D eigenvalue weighted by atomic mass is 10.3. The van der Waals surface area contributed by atoms with Crippen LogP contribution < -0.4 is 0 Å². The molecule has 0 atom stereocenters. The Labute approximate surface area is 107 Å². The molecule has 0 fully saturated rings. The number of rotatable bonds is 5. The lowest BCUT2D eigenvalue weighted by Crippen LogP contribution is -2.06. The second-order valence-corrected chi connectivity index (χ2v) is 3.43. The number of ether oxygens (including phenoxy) is 1. The van der Waals surface area contributed by atoms with E-state index < -0.39 is 12.6 Å². The normalized spacial score (nSPS) is 10.1. The van der Waals surface area contributed by atoms with Crippen molar-refractivity contribution in [2.24, 2.45) is 0 Å². The Morgan fingerprint density at radius 2 is 2.32 bits per heavy atom. The summed E-state index contributed by atoms with van der Waals surface area (Å²) in [5.41, 5.74) is 0.851. The fraction of sp³-hybridized carbons (Fsp3) is 0.182. The second kappa shape index (κ2) is 5.70. The largest absolute Gasteiger partial charge is 0.480 e. The summed E-state index contributed by atoms with van der Waals surface area (Å²) in [6.07, 6.45) is 1.39. The smallest absolute Gasteiger partial charge is 0.329 e. The van der Waals surface area contributed by atoms with Gasteiger partial charge in [-0.25, -0.2) is 9.78 Å². The van der Waals surface area contributed by atoms with E-state index in [-0.39, 0.29) is 18.4 Å². The molecule has 0 aliphatic heterocycles. The van der Waals surface area contributed by atoms with Gasteiger partial charge >= 0.3 is 5.97 Å². The average Bonchev–Trinajstić information content (AvgIpc) is 2.87. The highest BCUT2D eigenvalue weighted by molar-refractivity contribution is 5.67. The number of pyridine rings is 1. The number of nitriles is 1. The highest BCUT2D eigenvalue weighted by Gasteiger charge is 2.10. The molecule has 8 nitrogen and oxygen atoms in total. The van der Waals surface area contributed by atoms with Crippen LogP contribution in [0.4, 0.5) is 0 Å². The molecule has 2 heterocycles. The lowest BCUT2D eigenvalue weighted by Gasteiger charge is -1.95. The van der Waals surface area contributed by atoms with E-state index in [4.69, 9.17) is 19.5 Å². The van der Waals surface area contributed by atoms with E-state index in [1.807, 2.05) is 6.07 Å². The summed E-state index contributed by atoms with van der Waals surface area (Å²) in [6, 6.07) is 5.10. The van der Waals surface area contributed by atoms with E-state index in [9.17, 15) is 4.79 Å². The molecule has 0 aliphatic rings. The Kier molecular flexibility index (Phi) is 3.80. The van der Waals surface area contributed by atoms with Crippen molar-refractivity contribution >= 4 is 5.97 Å². The predicted octanol–water partition coefficient (Wildman–Crippen LogP) is 0.604. The Balaban J connectivity index is 2.03. The molecule has 8 heteroatoms. The predicted molar refractivity (Wildman–Crippen MR) is 59.5 cm³/mol. The number of hydrogen-bond donors (Lipinski definition) is 1. The van der Waals surface area contributed by atoms with Gasteiger partial charge in [0.05, 0.1) is 5.56 Å². The van der Waals surface area contributed by atoms with Gasteiger partial charge in [-0.2, -0.15) is 5.26 Å². The summed E-state index contributed by atoms with van der Waals surface area (Å²) in [5, 5.41) is 24.5. The van der Waals surface area contributed by atoms with Crippen molar-refractivity contribution in [2.45, 2.75) is 6.61 Å². The third kappa shape index (κ3) is 3.34. The molecular weight excluding hydrogens is 252 g/mol. The van der Waals surface area contributed by atoms with Crippen molar-refractivity contribution in [3.05, 3.63) is 29.8 Å². The summed E-state index contributed by atoms with van der Waals surface area (Å²) in [4.78, 5) is 14.2. The van der Waals surface area contributed by atoms with Gasteiger partial charge in [-0.1, -0.05) is 0 Å². The molecule has 0 amide bonds. The van der Waals surface area contributed by atoms with Gasteiger partial charge in [-0.3, -0.25) is 0 Å². The van der Waals surface area contributed by atoms with Gasteiger partial charge < -0.3 is 14.3 Å². The molecule has 2 aromatic heterocycles. The van der Waals surface area contributed by atoms with E-state index in [1.54, 1.807) is 12.1 Å². The standard InChI is InChI=1S/C11H8N4O4/c12-3-7-1-2-8(13-4-7)11-15-14-9(19-11)5-18-6-10(16)17/h1-2,4H,5-6H2,(H,16,17). The molecule has 19 heavy (non-hydrogen) atoms. The number of carboxylic acid groups (broad SMARTS) is 1. The summed E-state index contributed by atoms with van der Waals surface area (Å²) >= 11 is 0. The van der Waals surface area contributed by atoms with Crippen LogP contribution >= 0.6 is 0 Å². The van der Waals surface area contributed by atoms with Crippen LogP contribution in [0.25, 0.3) is 11.6 Å². The van der Waals surface area contributed by atoms with Crippen LogP contribution in [0.3, 0.4) is 0 Å². The molecule has 96 valence electrons. The maximum Gasteiger partial charge on any atom is 0.329 e. The first-order chi connectivity index (χ1) is 9.19. The van der Waals surface area contributed by atoms with E-state index >= 15 is 0 Å². The van der Waals surface area contributed by atoms with Crippen LogP contribution in [-0.4, -0.2) is 32.9 Å². The highest BCUT2D eigenvalue weighted by Crippen LogP contribution is 2.15. The van der Waals surface area contributed by atoms with Crippen LogP contribution in [0, 0.1) is 11.3 Å². The van der Waals surface area contributed by atoms with E-state index in [1.165, 1.54) is 6.20 Å². The number of nitrogens with zero attached hydrogens (tertiary/aromatic N) is 4. The minimum Gasteiger partial charge on any atom is -0.480 e. The fourth-order valence-electron chi connectivity index (χ4n) is 1.23. The van der Waals surface area contributed by atoms with E-state index in [0.29, 0.717) is 11.3 Å². The molecule has 0 aromatic carbocycles. The van der Waals surface area contributed by atoms with E-state index in [2.05, 4.69) is 15.2 Å². The first-order valence-corrected chi connectivity index (χ1v) is 5.17. The quantitative estimate of drug-likeness (QED) is 0.829. The minimum atomic E-state index is -1.08. The monoisotopic (exact) mass is 260 g/mol. The molecular formula is C11H8N4O4. The van der Waals surface area contributed by atoms with Crippen molar-refractivity contribution in [1.82, 2.24) is 15.2 Å². The molecule has 0 saturated carbocycles. The summed E-state index contributed by atoms with van der Waals surface area (Å²) in [6.45, 7) is -0.525. The third-order valence-corrected chi connectivity index (χ3v) is 2.03. The Morgan fingerprint density at radius 3 is 2.95 bits per heavy atom. The second-order valence-electron chi connectivity index (χ2n) is 3.43. The zero-order valence-electron chi connectivity index (χ0n) is 9.61. The first-order valence-electron chi connectivity index (χ1n) is 5.17. The van der Waals surface area contributed by atoms with Crippen molar-refractivity contribution in [1.29, 1.82) is 5.26 Å². The van der Waals surface area contributed by atoms with Crippen LogP contribution in [0.2, 0.25) is 0 Å². The summed E-state index contributed by atoms with van der Waals surface area (Å²) < 4.78 is 10.0. The molecule has 0 spiro atoms. The fourth-order valence-corrected chi connectivity index (χ4v) is 1.23. The summed E-state index contributed by atoms with van der Waals surface area (Å²) in [5.74, 6) is -0.741. The van der Waals surface area contributed by atoms with Gasteiger partial charge in [-0.15, -0.1) is 10.2 Å². The van der Waals surface area contributed by atoms with Crippen molar-refractivity contribution < 1.29 is 19.1 Å². The van der Waals surface area contributed by atoms with Gasteiger partial charge in [0.25, 0.3) is 5.89 Å². The maximum absolute atomic E-state index is 10.2. The van der Waals surface area contributed by atoms with Gasteiger partial charge in [0.2, 0.25) is 5.89 Å². The highest BCUT2D eigenvalue weighted by atomic mass is 16.5. The van der Waals surface area contributed by atoms with Crippen LogP contribution in [0.1, 0.15) is 11.5 Å². The van der Waals surface area contributed by atoms with E-state index in [0.717, 1.165) is 0 Å². The van der Waals surface area contributed by atoms with Gasteiger partial charge in [-0.05, 0) is 12.1 Å². The molecule has 2 rings (SSSR count).